The molecule has 108 valence electrons. The summed E-state index contributed by atoms with van der Waals surface area (Å²) >= 11 is 3.16. The molecule has 0 radical (unpaired) electrons. The number of rotatable bonds is 4. The van der Waals surface area contributed by atoms with E-state index in [1.165, 1.54) is 7.11 Å². The molecule has 1 aliphatic heterocycles. The number of carbonyl (C=O) groups excluding carboxylic acids is 2. The molecule has 6 heteroatoms. The lowest BCUT2D eigenvalue weighted by atomic mass is 9.96. The lowest BCUT2D eigenvalue weighted by Gasteiger charge is -2.24. The van der Waals surface area contributed by atoms with Gasteiger partial charge in [0.25, 0.3) is 0 Å². The Balaban J connectivity index is 1.87. The van der Waals surface area contributed by atoms with E-state index in [-0.39, 0.29) is 18.4 Å². The topological polar surface area (TPSA) is 64.6 Å². The van der Waals surface area contributed by atoms with Crippen molar-refractivity contribution in [2.24, 2.45) is 5.92 Å². The summed E-state index contributed by atoms with van der Waals surface area (Å²) in [7, 11) is 1.31. The number of methoxy groups -OCH3 is 1. The molecule has 1 heterocycles. The maximum atomic E-state index is 12.1. The largest absolute Gasteiger partial charge is 0.492 e. The highest BCUT2D eigenvalue weighted by molar-refractivity contribution is 9.10. The lowest BCUT2D eigenvalue weighted by Crippen LogP contribution is -2.41. The molecule has 2 atom stereocenters. The molecule has 0 saturated heterocycles. The minimum atomic E-state index is -0.534. The van der Waals surface area contributed by atoms with Crippen molar-refractivity contribution in [2.45, 2.75) is 11.2 Å². The normalized spacial score (nSPS) is 18.4. The van der Waals surface area contributed by atoms with Crippen molar-refractivity contribution in [3.8, 4) is 5.75 Å². The molecule has 1 aliphatic rings. The van der Waals surface area contributed by atoms with Crippen LogP contribution in [0.5, 0.6) is 5.75 Å². The molecule has 20 heavy (non-hydrogen) atoms. The van der Waals surface area contributed by atoms with E-state index in [1.54, 1.807) is 0 Å². The van der Waals surface area contributed by atoms with E-state index in [0.29, 0.717) is 13.0 Å². The van der Waals surface area contributed by atoms with Gasteiger partial charge in [-0.05, 0) is 18.1 Å². The van der Waals surface area contributed by atoms with Gasteiger partial charge in [0.2, 0.25) is 5.91 Å². The maximum Gasteiger partial charge on any atom is 0.321 e. The van der Waals surface area contributed by atoms with Crippen LogP contribution in [0.15, 0.2) is 24.3 Å². The van der Waals surface area contributed by atoms with Gasteiger partial charge in [-0.15, -0.1) is 0 Å². The first kappa shape index (κ1) is 14.8. The zero-order valence-electron chi connectivity index (χ0n) is 11.1. The van der Waals surface area contributed by atoms with Crippen LogP contribution in [0.2, 0.25) is 0 Å². The molecule has 5 nitrogen and oxygen atoms in total. The van der Waals surface area contributed by atoms with Crippen LogP contribution in [0.25, 0.3) is 0 Å². The number of carbonyl (C=O) groups is 2. The lowest BCUT2D eigenvalue weighted by molar-refractivity contribution is -0.139. The van der Waals surface area contributed by atoms with Crippen LogP contribution in [0, 0.1) is 5.92 Å². The summed E-state index contributed by atoms with van der Waals surface area (Å²) in [5.41, 5.74) is 1.03. The van der Waals surface area contributed by atoms with Crippen molar-refractivity contribution < 1.29 is 19.1 Å². The third-order valence-corrected chi connectivity index (χ3v) is 3.86. The Hall–Kier alpha value is -1.56. The third kappa shape index (κ3) is 3.50. The van der Waals surface area contributed by atoms with Crippen molar-refractivity contribution in [1.29, 1.82) is 0 Å². The van der Waals surface area contributed by atoms with Gasteiger partial charge in [-0.3, -0.25) is 9.59 Å². The van der Waals surface area contributed by atoms with Crippen LogP contribution in [0.4, 0.5) is 0 Å². The van der Waals surface area contributed by atoms with Crippen LogP contribution in [-0.4, -0.2) is 37.0 Å². The molecule has 1 amide bonds. The minimum absolute atomic E-state index is 0.118. The van der Waals surface area contributed by atoms with Crippen molar-refractivity contribution >= 4 is 27.8 Å². The number of halogens is 1. The van der Waals surface area contributed by atoms with Gasteiger partial charge in [-0.1, -0.05) is 34.1 Å². The van der Waals surface area contributed by atoms with E-state index in [0.717, 1.165) is 11.3 Å². The van der Waals surface area contributed by atoms with Gasteiger partial charge >= 0.3 is 5.97 Å². The number of ether oxygens (including phenoxy) is 2. The maximum absolute atomic E-state index is 12.1. The Morgan fingerprint density at radius 2 is 2.25 bits per heavy atom. The van der Waals surface area contributed by atoms with E-state index >= 15 is 0 Å². The minimum Gasteiger partial charge on any atom is -0.492 e. The monoisotopic (exact) mass is 341 g/mol. The fourth-order valence-electron chi connectivity index (χ4n) is 2.04. The Kier molecular flexibility index (Phi) is 5.00. The average Bonchev–Trinajstić information content (AvgIpc) is 2.50. The number of fused-ring (bicyclic) bond motifs is 1. The number of esters is 1. The van der Waals surface area contributed by atoms with Gasteiger partial charge in [-0.2, -0.15) is 0 Å². The van der Waals surface area contributed by atoms with Gasteiger partial charge in [-0.25, -0.2) is 0 Å². The van der Waals surface area contributed by atoms with Crippen LogP contribution in [0.3, 0.4) is 0 Å². The molecule has 0 fully saturated rings. The van der Waals surface area contributed by atoms with Crippen molar-refractivity contribution in [3.63, 3.8) is 0 Å². The molecule has 0 aromatic heterocycles. The van der Waals surface area contributed by atoms with Crippen molar-refractivity contribution in [1.82, 2.24) is 5.32 Å². The summed E-state index contributed by atoms with van der Waals surface area (Å²) in [5, 5.41) is 2.73. The first-order valence-electron chi connectivity index (χ1n) is 6.32. The van der Waals surface area contributed by atoms with Gasteiger partial charge in [0, 0.05) is 6.54 Å². The first-order chi connectivity index (χ1) is 9.61. The number of hydrogen-bond acceptors (Lipinski definition) is 4. The quantitative estimate of drug-likeness (QED) is 0.662. The Morgan fingerprint density at radius 3 is 3.00 bits per heavy atom. The number of hydrogen-bond donors (Lipinski definition) is 1. The van der Waals surface area contributed by atoms with Crippen LogP contribution >= 0.6 is 15.9 Å². The second kappa shape index (κ2) is 6.74. The molecule has 0 saturated carbocycles. The van der Waals surface area contributed by atoms with Crippen molar-refractivity contribution in [3.05, 3.63) is 29.8 Å². The molecule has 2 unspecified atom stereocenters. The van der Waals surface area contributed by atoms with Crippen molar-refractivity contribution in [2.75, 3.05) is 20.3 Å². The number of nitrogens with one attached hydrogen (secondary N) is 1. The molecular formula is C14H16BrNO4. The van der Waals surface area contributed by atoms with Gasteiger partial charge in [0.05, 0.1) is 13.0 Å². The van der Waals surface area contributed by atoms with Crippen LogP contribution < -0.4 is 10.1 Å². The Labute approximate surface area is 125 Å². The average molecular weight is 342 g/mol. The SMILES string of the molecule is COC(=O)C(Br)CNC(=O)C1COc2ccccc2C1. The van der Waals surface area contributed by atoms with Gasteiger partial charge in [0.15, 0.2) is 0 Å². The number of amides is 1. The summed E-state index contributed by atoms with van der Waals surface area (Å²) in [4.78, 5) is 22.7. The number of benzene rings is 1. The molecule has 1 N–H and O–H groups in total. The predicted molar refractivity (Wildman–Crippen MR) is 76.9 cm³/mol. The fraction of sp³-hybridized carbons (Fsp3) is 0.429. The second-order valence-electron chi connectivity index (χ2n) is 4.56. The molecule has 2 rings (SSSR count). The van der Waals surface area contributed by atoms with Gasteiger partial charge < -0.3 is 14.8 Å². The third-order valence-electron chi connectivity index (χ3n) is 3.16. The molecule has 0 bridgehead atoms. The standard InChI is InChI=1S/C14H16BrNO4/c1-19-14(18)11(15)7-16-13(17)10-6-9-4-2-3-5-12(9)20-8-10/h2-5,10-11H,6-8H2,1H3,(H,16,17). The summed E-state index contributed by atoms with van der Waals surface area (Å²) in [6, 6.07) is 7.69. The summed E-state index contributed by atoms with van der Waals surface area (Å²) in [5.74, 6) is 0.0788. The molecule has 1 aromatic carbocycles. The molecular weight excluding hydrogens is 326 g/mol. The molecule has 0 spiro atoms. The molecule has 0 aliphatic carbocycles. The summed E-state index contributed by atoms with van der Waals surface area (Å²) in [6.07, 6.45) is 0.646. The fourth-order valence-corrected chi connectivity index (χ4v) is 2.39. The number of para-hydroxylation sites is 1. The van der Waals surface area contributed by atoms with E-state index in [4.69, 9.17) is 4.74 Å². The van der Waals surface area contributed by atoms with Crippen LogP contribution in [0.1, 0.15) is 5.56 Å². The summed E-state index contributed by atoms with van der Waals surface area (Å²) in [6.45, 7) is 0.553. The number of alkyl halides is 1. The predicted octanol–water partition coefficient (Wildman–Crippen LogP) is 1.29. The molecule has 1 aromatic rings. The van der Waals surface area contributed by atoms with Crippen LogP contribution in [-0.2, 0) is 20.7 Å². The first-order valence-corrected chi connectivity index (χ1v) is 7.23. The Morgan fingerprint density at radius 1 is 1.50 bits per heavy atom. The smallest absolute Gasteiger partial charge is 0.321 e. The van der Waals surface area contributed by atoms with E-state index in [9.17, 15) is 9.59 Å². The highest BCUT2D eigenvalue weighted by atomic mass is 79.9. The highest BCUT2D eigenvalue weighted by Crippen LogP contribution is 2.26. The van der Waals surface area contributed by atoms with E-state index in [1.807, 2.05) is 24.3 Å². The van der Waals surface area contributed by atoms with E-state index in [2.05, 4.69) is 26.0 Å². The zero-order chi connectivity index (χ0) is 14.5. The summed E-state index contributed by atoms with van der Waals surface area (Å²) < 4.78 is 10.1. The van der Waals surface area contributed by atoms with Gasteiger partial charge in [0.1, 0.15) is 17.2 Å². The second-order valence-corrected chi connectivity index (χ2v) is 5.66. The Bertz CT molecular complexity index is 506. The zero-order valence-corrected chi connectivity index (χ0v) is 12.7. The highest BCUT2D eigenvalue weighted by Gasteiger charge is 2.26. The van der Waals surface area contributed by atoms with E-state index < -0.39 is 10.8 Å².